The average molecular weight is 297 g/mol. The second-order valence-electron chi connectivity index (χ2n) is 4.66. The molecule has 112 valence electrons. The van der Waals surface area contributed by atoms with Crippen molar-refractivity contribution >= 4 is 17.7 Å². The molecule has 0 radical (unpaired) electrons. The molecule has 0 atom stereocenters. The van der Waals surface area contributed by atoms with E-state index in [-0.39, 0.29) is 12.7 Å². The smallest absolute Gasteiger partial charge is 0.248 e. The summed E-state index contributed by atoms with van der Waals surface area (Å²) in [6.07, 6.45) is 3.22. The Morgan fingerprint density at radius 2 is 1.91 bits per heavy atom. The molecule has 0 aromatic heterocycles. The first-order valence-corrected chi connectivity index (χ1v) is 6.77. The Bertz CT molecular complexity index is 707. The molecule has 0 aliphatic carbocycles. The molecule has 0 saturated heterocycles. The van der Waals surface area contributed by atoms with Gasteiger partial charge in [0.2, 0.25) is 12.7 Å². The first kappa shape index (κ1) is 14.0. The van der Waals surface area contributed by atoms with E-state index < -0.39 is 0 Å². The predicted molar refractivity (Wildman–Crippen MR) is 83.2 cm³/mol. The van der Waals surface area contributed by atoms with Gasteiger partial charge in [0.05, 0.1) is 7.11 Å². The molecule has 1 heterocycles. The third-order valence-corrected chi connectivity index (χ3v) is 3.18. The van der Waals surface area contributed by atoms with Crippen LogP contribution >= 0.6 is 0 Å². The zero-order valence-corrected chi connectivity index (χ0v) is 12.0. The molecule has 5 nitrogen and oxygen atoms in total. The van der Waals surface area contributed by atoms with E-state index in [4.69, 9.17) is 14.2 Å². The van der Waals surface area contributed by atoms with Gasteiger partial charge in [0, 0.05) is 17.8 Å². The fraction of sp³-hybridized carbons (Fsp3) is 0.118. The van der Waals surface area contributed by atoms with Crippen molar-refractivity contribution in [2.24, 2.45) is 0 Å². The standard InChI is InChI=1S/C17H15NO4/c1-20-14-6-2-12(3-7-14)4-9-17(19)18-13-5-8-15-16(10-13)22-11-21-15/h2-10H,11H2,1H3,(H,18,19)/b9-4+. The van der Waals surface area contributed by atoms with E-state index in [0.717, 1.165) is 11.3 Å². The van der Waals surface area contributed by atoms with E-state index in [1.54, 1.807) is 31.4 Å². The Morgan fingerprint density at radius 3 is 2.68 bits per heavy atom. The fourth-order valence-electron chi connectivity index (χ4n) is 2.05. The fourth-order valence-corrected chi connectivity index (χ4v) is 2.05. The normalized spacial score (nSPS) is 12.4. The Balaban J connectivity index is 1.63. The maximum Gasteiger partial charge on any atom is 0.248 e. The number of fused-ring (bicyclic) bond motifs is 1. The number of anilines is 1. The molecule has 0 fully saturated rings. The molecular formula is C17H15NO4. The third-order valence-electron chi connectivity index (χ3n) is 3.18. The minimum atomic E-state index is -0.213. The van der Waals surface area contributed by atoms with E-state index in [1.807, 2.05) is 24.3 Å². The van der Waals surface area contributed by atoms with Gasteiger partial charge in [0.15, 0.2) is 11.5 Å². The Morgan fingerprint density at radius 1 is 1.14 bits per heavy atom. The quantitative estimate of drug-likeness (QED) is 0.881. The number of methoxy groups -OCH3 is 1. The summed E-state index contributed by atoms with van der Waals surface area (Å²) in [6, 6.07) is 12.7. The van der Waals surface area contributed by atoms with Gasteiger partial charge in [0.25, 0.3) is 0 Å². The lowest BCUT2D eigenvalue weighted by atomic mass is 10.2. The van der Waals surface area contributed by atoms with Crippen LogP contribution in [-0.4, -0.2) is 19.8 Å². The van der Waals surface area contributed by atoms with Crippen molar-refractivity contribution in [1.82, 2.24) is 0 Å². The summed E-state index contributed by atoms with van der Waals surface area (Å²) >= 11 is 0. The van der Waals surface area contributed by atoms with Crippen molar-refractivity contribution < 1.29 is 19.0 Å². The number of nitrogens with one attached hydrogen (secondary N) is 1. The molecule has 1 amide bonds. The van der Waals surface area contributed by atoms with Gasteiger partial charge in [-0.1, -0.05) is 12.1 Å². The van der Waals surface area contributed by atoms with Crippen molar-refractivity contribution in [3.63, 3.8) is 0 Å². The minimum absolute atomic E-state index is 0.212. The number of amides is 1. The summed E-state index contributed by atoms with van der Waals surface area (Å²) in [4.78, 5) is 11.9. The Labute approximate surface area is 128 Å². The number of ether oxygens (including phenoxy) is 3. The molecule has 1 aliphatic heterocycles. The molecule has 2 aromatic rings. The summed E-state index contributed by atoms with van der Waals surface area (Å²) in [5.74, 6) is 1.89. The van der Waals surface area contributed by atoms with Gasteiger partial charge in [-0.3, -0.25) is 4.79 Å². The van der Waals surface area contributed by atoms with Crippen LogP contribution < -0.4 is 19.5 Å². The van der Waals surface area contributed by atoms with Gasteiger partial charge in [-0.15, -0.1) is 0 Å². The average Bonchev–Trinajstić information content (AvgIpc) is 3.01. The number of carbonyl (C=O) groups excluding carboxylic acids is 1. The molecule has 2 aromatic carbocycles. The highest BCUT2D eigenvalue weighted by molar-refractivity contribution is 6.02. The highest BCUT2D eigenvalue weighted by Gasteiger charge is 2.13. The van der Waals surface area contributed by atoms with Gasteiger partial charge >= 0.3 is 0 Å². The van der Waals surface area contributed by atoms with Crippen LogP contribution in [0.15, 0.2) is 48.5 Å². The lowest BCUT2D eigenvalue weighted by Gasteiger charge is -2.03. The van der Waals surface area contributed by atoms with E-state index in [1.165, 1.54) is 6.08 Å². The number of hydrogen-bond donors (Lipinski definition) is 1. The second-order valence-corrected chi connectivity index (χ2v) is 4.66. The van der Waals surface area contributed by atoms with Crippen LogP contribution in [0.2, 0.25) is 0 Å². The lowest BCUT2D eigenvalue weighted by molar-refractivity contribution is -0.111. The molecule has 22 heavy (non-hydrogen) atoms. The molecule has 0 spiro atoms. The predicted octanol–water partition coefficient (Wildman–Crippen LogP) is 3.08. The first-order chi connectivity index (χ1) is 10.7. The largest absolute Gasteiger partial charge is 0.497 e. The summed E-state index contributed by atoms with van der Waals surface area (Å²) in [6.45, 7) is 0.212. The maximum absolute atomic E-state index is 11.9. The van der Waals surface area contributed by atoms with Crippen molar-refractivity contribution in [3.8, 4) is 17.2 Å². The van der Waals surface area contributed by atoms with Gasteiger partial charge in [0.1, 0.15) is 5.75 Å². The Kier molecular flexibility index (Phi) is 3.96. The zero-order valence-electron chi connectivity index (χ0n) is 12.0. The van der Waals surface area contributed by atoms with Gasteiger partial charge in [-0.25, -0.2) is 0 Å². The van der Waals surface area contributed by atoms with Crippen LogP contribution in [0.3, 0.4) is 0 Å². The van der Waals surface area contributed by atoms with Crippen LogP contribution in [0, 0.1) is 0 Å². The van der Waals surface area contributed by atoms with Crippen molar-refractivity contribution in [3.05, 3.63) is 54.1 Å². The van der Waals surface area contributed by atoms with E-state index in [0.29, 0.717) is 17.2 Å². The molecule has 0 unspecified atom stereocenters. The zero-order chi connectivity index (χ0) is 15.4. The van der Waals surface area contributed by atoms with Gasteiger partial charge in [-0.05, 0) is 35.9 Å². The molecule has 0 bridgehead atoms. The molecular weight excluding hydrogens is 282 g/mol. The Hall–Kier alpha value is -2.95. The van der Waals surface area contributed by atoms with Crippen molar-refractivity contribution in [2.75, 3.05) is 19.2 Å². The highest BCUT2D eigenvalue weighted by atomic mass is 16.7. The van der Waals surface area contributed by atoms with Crippen LogP contribution in [0.4, 0.5) is 5.69 Å². The van der Waals surface area contributed by atoms with Crippen LogP contribution in [0.25, 0.3) is 6.08 Å². The molecule has 1 aliphatic rings. The lowest BCUT2D eigenvalue weighted by Crippen LogP contribution is -2.07. The monoisotopic (exact) mass is 297 g/mol. The number of rotatable bonds is 4. The van der Waals surface area contributed by atoms with E-state index in [2.05, 4.69) is 5.32 Å². The van der Waals surface area contributed by atoms with Gasteiger partial charge in [-0.2, -0.15) is 0 Å². The molecule has 1 N–H and O–H groups in total. The van der Waals surface area contributed by atoms with Crippen LogP contribution in [-0.2, 0) is 4.79 Å². The second kappa shape index (κ2) is 6.22. The highest BCUT2D eigenvalue weighted by Crippen LogP contribution is 2.34. The first-order valence-electron chi connectivity index (χ1n) is 6.77. The number of benzene rings is 2. The minimum Gasteiger partial charge on any atom is -0.497 e. The molecule has 3 rings (SSSR count). The van der Waals surface area contributed by atoms with Crippen LogP contribution in [0.1, 0.15) is 5.56 Å². The number of hydrogen-bond acceptors (Lipinski definition) is 4. The van der Waals surface area contributed by atoms with Gasteiger partial charge < -0.3 is 19.5 Å². The molecule has 0 saturated carbocycles. The maximum atomic E-state index is 11.9. The van der Waals surface area contributed by atoms with E-state index in [9.17, 15) is 4.79 Å². The SMILES string of the molecule is COc1ccc(/C=C/C(=O)Nc2ccc3c(c2)OCO3)cc1. The summed E-state index contributed by atoms with van der Waals surface area (Å²) in [7, 11) is 1.61. The van der Waals surface area contributed by atoms with Crippen molar-refractivity contribution in [1.29, 1.82) is 0 Å². The molecule has 5 heteroatoms. The van der Waals surface area contributed by atoms with Crippen LogP contribution in [0.5, 0.6) is 17.2 Å². The summed E-state index contributed by atoms with van der Waals surface area (Å²) < 4.78 is 15.6. The summed E-state index contributed by atoms with van der Waals surface area (Å²) in [5.41, 5.74) is 1.58. The number of carbonyl (C=O) groups is 1. The third kappa shape index (κ3) is 3.20. The summed E-state index contributed by atoms with van der Waals surface area (Å²) in [5, 5.41) is 2.78. The van der Waals surface area contributed by atoms with E-state index >= 15 is 0 Å². The van der Waals surface area contributed by atoms with Crippen molar-refractivity contribution in [2.45, 2.75) is 0 Å². The topological polar surface area (TPSA) is 56.8 Å².